The summed E-state index contributed by atoms with van der Waals surface area (Å²) >= 11 is 0. The Morgan fingerprint density at radius 1 is 1.22 bits per heavy atom. The van der Waals surface area contributed by atoms with Crippen molar-refractivity contribution in [2.45, 2.75) is 12.5 Å². The number of aromatic nitrogens is 1. The first-order chi connectivity index (χ1) is 9.15. The molecule has 0 amide bonds. The van der Waals surface area contributed by atoms with Crippen LogP contribution in [0, 0.1) is 5.92 Å². The fraction of sp³-hybridized carbons (Fsp3) is 0.643. The highest BCUT2D eigenvalue weighted by Crippen LogP contribution is 2.15. The number of likely N-dealkylation sites (N-methyl/N-ethyl adjacent to an activating group) is 1. The third kappa shape index (κ3) is 9.77. The van der Waals surface area contributed by atoms with Crippen LogP contribution in [0.5, 0.6) is 0 Å². The zero-order valence-electron chi connectivity index (χ0n) is 13.5. The summed E-state index contributed by atoms with van der Waals surface area (Å²) in [6.07, 6.45) is 0.984. The summed E-state index contributed by atoms with van der Waals surface area (Å²) in [5, 5.41) is 7.09. The number of hydrogen-bond donors (Lipinski definition) is 3. The number of rotatable bonds is 6. The normalized spacial score (nSPS) is 19.1. The van der Waals surface area contributed by atoms with Gasteiger partial charge in [0.25, 0.3) is 0 Å². The van der Waals surface area contributed by atoms with Crippen LogP contribution in [0.15, 0.2) is 18.2 Å². The molecule has 1 aliphatic rings. The lowest BCUT2D eigenvalue weighted by atomic mass is 9.97. The number of pyridine rings is 1. The number of hydrogen-bond acceptors (Lipinski definition) is 5. The lowest BCUT2D eigenvalue weighted by molar-refractivity contribution is 0.361. The van der Waals surface area contributed by atoms with E-state index < -0.39 is 0 Å². The Balaban J connectivity index is -0.000001000. The fourth-order valence-corrected chi connectivity index (χ4v) is 2.54. The van der Waals surface area contributed by atoms with Crippen LogP contribution in [-0.2, 0) is 6.42 Å². The van der Waals surface area contributed by atoms with Gasteiger partial charge in [-0.05, 0) is 45.1 Å². The first-order valence-electron chi connectivity index (χ1n) is 6.95. The lowest BCUT2D eigenvalue weighted by Gasteiger charge is -2.21. The van der Waals surface area contributed by atoms with Gasteiger partial charge < -0.3 is 21.3 Å². The van der Waals surface area contributed by atoms with Gasteiger partial charge in [0.05, 0.1) is 0 Å². The Morgan fingerprint density at radius 3 is 2.52 bits per heavy atom. The lowest BCUT2D eigenvalue weighted by Crippen LogP contribution is -2.40. The Hall–Kier alpha value is -0.01000. The molecule has 0 saturated carbocycles. The van der Waals surface area contributed by atoms with E-state index in [4.69, 9.17) is 5.73 Å². The van der Waals surface area contributed by atoms with Crippen molar-refractivity contribution in [3.63, 3.8) is 0 Å². The average molecular weight is 409 g/mol. The van der Waals surface area contributed by atoms with E-state index in [1.807, 2.05) is 12.1 Å². The maximum Gasteiger partial charge on any atom is 0.123 e. The quantitative estimate of drug-likeness (QED) is 0.667. The predicted molar refractivity (Wildman–Crippen MR) is 108 cm³/mol. The zero-order valence-corrected chi connectivity index (χ0v) is 16.8. The minimum atomic E-state index is 0. The van der Waals surface area contributed by atoms with Gasteiger partial charge in [-0.1, -0.05) is 6.07 Å². The van der Waals surface area contributed by atoms with Crippen LogP contribution in [0.1, 0.15) is 5.69 Å². The molecule has 0 aromatic carbocycles. The van der Waals surface area contributed by atoms with Crippen LogP contribution in [0.25, 0.3) is 0 Å². The molecular weight excluding hydrogens is 380 g/mol. The second-order valence-corrected chi connectivity index (χ2v) is 5.54. The maximum absolute atomic E-state index is 5.73. The van der Waals surface area contributed by atoms with Gasteiger partial charge in [-0.2, -0.15) is 0 Å². The van der Waals surface area contributed by atoms with E-state index in [0.29, 0.717) is 17.8 Å². The Bertz CT molecular complexity index is 409. The maximum atomic E-state index is 5.73. The molecule has 1 aromatic heterocycles. The average Bonchev–Trinajstić information content (AvgIpc) is 2.76. The summed E-state index contributed by atoms with van der Waals surface area (Å²) in [4.78, 5) is 6.59. The molecule has 9 heteroatoms. The summed E-state index contributed by atoms with van der Waals surface area (Å²) in [6.45, 7) is 4.19. The summed E-state index contributed by atoms with van der Waals surface area (Å²) in [5.74, 6) is 1.21. The van der Waals surface area contributed by atoms with Gasteiger partial charge in [0.15, 0.2) is 0 Å². The number of nitrogen functional groups attached to an aromatic ring is 1. The SMILES string of the molecule is CN(C)CCN[C@@H]1CNC[C@@H]1Cc1cccc(N)n1.Cl.Cl.Cl.Cl. The van der Waals surface area contributed by atoms with Gasteiger partial charge in [0.1, 0.15) is 5.82 Å². The van der Waals surface area contributed by atoms with Crippen molar-refractivity contribution in [1.82, 2.24) is 20.5 Å². The molecule has 4 N–H and O–H groups in total. The second-order valence-electron chi connectivity index (χ2n) is 5.54. The van der Waals surface area contributed by atoms with E-state index in [2.05, 4.69) is 40.7 Å². The summed E-state index contributed by atoms with van der Waals surface area (Å²) in [6, 6.07) is 6.41. The summed E-state index contributed by atoms with van der Waals surface area (Å²) in [5.41, 5.74) is 6.82. The first-order valence-corrected chi connectivity index (χ1v) is 6.95. The molecule has 0 bridgehead atoms. The van der Waals surface area contributed by atoms with E-state index in [-0.39, 0.29) is 49.6 Å². The van der Waals surface area contributed by atoms with Crippen molar-refractivity contribution < 1.29 is 0 Å². The highest BCUT2D eigenvalue weighted by molar-refractivity contribution is 5.86. The van der Waals surface area contributed by atoms with Crippen LogP contribution in [0.2, 0.25) is 0 Å². The molecule has 0 spiro atoms. The van der Waals surface area contributed by atoms with Crippen LogP contribution < -0.4 is 16.4 Å². The Kier molecular flexibility index (Phi) is 17.3. The molecule has 1 aliphatic heterocycles. The van der Waals surface area contributed by atoms with Gasteiger partial charge in [-0.15, -0.1) is 49.6 Å². The van der Waals surface area contributed by atoms with Crippen molar-refractivity contribution in [2.24, 2.45) is 5.92 Å². The molecule has 1 saturated heterocycles. The van der Waals surface area contributed by atoms with Crippen LogP contribution >= 0.6 is 49.6 Å². The van der Waals surface area contributed by atoms with Crippen molar-refractivity contribution in [3.05, 3.63) is 23.9 Å². The monoisotopic (exact) mass is 407 g/mol. The number of anilines is 1. The smallest absolute Gasteiger partial charge is 0.123 e. The van der Waals surface area contributed by atoms with E-state index in [1.165, 1.54) is 0 Å². The number of nitrogens with zero attached hydrogens (tertiary/aromatic N) is 2. The standard InChI is InChI=1S/C14H25N5.4ClH/c1-19(2)7-6-17-13-10-16-9-11(13)8-12-4-3-5-14(15)18-12;;;;/h3-5,11,13,16-17H,6-10H2,1-2H3,(H2,15,18);4*1H/t11-,13+;;;;/m0..../s1. The van der Waals surface area contributed by atoms with Crippen LogP contribution in [0.4, 0.5) is 5.82 Å². The topological polar surface area (TPSA) is 66.2 Å². The van der Waals surface area contributed by atoms with Crippen molar-refractivity contribution >= 4 is 55.4 Å². The fourth-order valence-electron chi connectivity index (χ4n) is 2.54. The minimum absolute atomic E-state index is 0. The van der Waals surface area contributed by atoms with Gasteiger partial charge >= 0.3 is 0 Å². The van der Waals surface area contributed by atoms with E-state index in [1.54, 1.807) is 0 Å². The molecule has 138 valence electrons. The highest BCUT2D eigenvalue weighted by Gasteiger charge is 2.26. The Morgan fingerprint density at radius 2 is 1.91 bits per heavy atom. The Labute approximate surface area is 164 Å². The predicted octanol–water partition coefficient (Wildman–Crippen LogP) is 1.63. The molecule has 0 radical (unpaired) electrons. The zero-order chi connectivity index (χ0) is 13.7. The number of nitrogens with one attached hydrogen (secondary N) is 2. The van der Waals surface area contributed by atoms with Crippen molar-refractivity contribution in [3.8, 4) is 0 Å². The van der Waals surface area contributed by atoms with Gasteiger partial charge in [0.2, 0.25) is 0 Å². The minimum Gasteiger partial charge on any atom is -0.384 e. The summed E-state index contributed by atoms with van der Waals surface area (Å²) in [7, 11) is 4.20. The van der Waals surface area contributed by atoms with Crippen LogP contribution in [0.3, 0.4) is 0 Å². The molecule has 2 heterocycles. The second kappa shape index (κ2) is 14.3. The molecule has 1 fully saturated rings. The molecule has 1 aromatic rings. The van der Waals surface area contributed by atoms with E-state index >= 15 is 0 Å². The largest absolute Gasteiger partial charge is 0.384 e. The van der Waals surface area contributed by atoms with E-state index in [9.17, 15) is 0 Å². The molecule has 5 nitrogen and oxygen atoms in total. The van der Waals surface area contributed by atoms with Gasteiger partial charge in [-0.25, -0.2) is 4.98 Å². The molecule has 0 aliphatic carbocycles. The molecule has 2 rings (SSSR count). The van der Waals surface area contributed by atoms with Crippen molar-refractivity contribution in [2.75, 3.05) is 46.0 Å². The van der Waals surface area contributed by atoms with Gasteiger partial charge in [0, 0.05) is 31.4 Å². The van der Waals surface area contributed by atoms with Gasteiger partial charge in [-0.3, -0.25) is 0 Å². The number of halogens is 4. The molecular formula is C14H29Cl4N5. The summed E-state index contributed by atoms with van der Waals surface area (Å²) < 4.78 is 0. The molecule has 23 heavy (non-hydrogen) atoms. The van der Waals surface area contributed by atoms with Crippen LogP contribution in [-0.4, -0.2) is 56.2 Å². The number of nitrogens with two attached hydrogens (primary N) is 1. The van der Waals surface area contributed by atoms with Crippen molar-refractivity contribution in [1.29, 1.82) is 0 Å². The highest BCUT2D eigenvalue weighted by atomic mass is 35.5. The first kappa shape index (κ1) is 27.8. The molecule has 0 unspecified atom stereocenters. The third-order valence-electron chi connectivity index (χ3n) is 3.60. The molecule has 2 atom stereocenters. The third-order valence-corrected chi connectivity index (χ3v) is 3.60. The van der Waals surface area contributed by atoms with E-state index in [0.717, 1.165) is 38.3 Å².